The number of Topliss-reactive ketones (excluding diaryl/α,β-unsaturated/α-hetero) is 1. The van der Waals surface area contributed by atoms with Gasteiger partial charge in [0.05, 0.1) is 66.1 Å². The standard InChI is InChI=1S/C38H39FN2O5.C34H33FN2O6/c1-23(2)35-31(17-16-28-20-29(19-24(3)42)46-38(4,5)45-28)34(25-12-14-27(39)15-13-25)32-22-41(37(43)33-11-8-18-44-33)21-26-9-6-7-10-30(26)36(32)40-35;1-20(2)32-27(14-13-24(38)16-25(39)17-30(40)41)31(21-9-11-23(35)12-10-21)28-19-37(34(42)29-8-5-15-43-29)18-22-6-3-4-7-26(22)33(28)36-32/h6-18,23,28-29H,19-22H2,1-5H3;3-15,20,24-25,38-39H,16-19H2,1-2H3,(H,40,41)/b17-16+;14-13+/t28-,29+;24-,25-/m11/s1. The molecular formula is C72H72F2N4O11. The molecule has 89 heavy (non-hydrogen) atoms. The minimum atomic E-state index is -1.22. The Balaban J connectivity index is 0.000000197. The number of aromatic nitrogens is 2. The average molecular weight is 1210 g/mol. The number of nitrogens with zero attached hydrogens (tertiary/aromatic N) is 4. The molecule has 15 nitrogen and oxygen atoms in total. The number of aliphatic hydroxyl groups is 2. The van der Waals surface area contributed by atoms with Crippen LogP contribution in [0.4, 0.5) is 8.78 Å². The molecule has 0 radical (unpaired) electrons. The molecule has 4 aromatic heterocycles. The van der Waals surface area contributed by atoms with Crippen molar-refractivity contribution in [3.63, 3.8) is 0 Å². The Hall–Kier alpha value is -9.00. The summed E-state index contributed by atoms with van der Waals surface area (Å²) in [6.07, 6.45) is 7.48. The third kappa shape index (κ3) is 14.6. The van der Waals surface area contributed by atoms with Crippen LogP contribution in [0.5, 0.6) is 0 Å². The van der Waals surface area contributed by atoms with E-state index >= 15 is 0 Å². The number of ketones is 1. The topological polar surface area (TPSA) is 206 Å². The highest BCUT2D eigenvalue weighted by atomic mass is 19.1. The molecule has 3 N–H and O–H groups in total. The van der Waals surface area contributed by atoms with Crippen molar-refractivity contribution in [3.05, 3.63) is 214 Å². The lowest BCUT2D eigenvalue weighted by Crippen LogP contribution is -2.44. The number of aliphatic hydroxyl groups excluding tert-OH is 2. The van der Waals surface area contributed by atoms with Gasteiger partial charge < -0.3 is 43.4 Å². The number of carbonyl (C=O) groups is 4. The normalized spacial score (nSPS) is 16.8. The van der Waals surface area contributed by atoms with Crippen LogP contribution in [0.15, 0.2) is 155 Å². The highest BCUT2D eigenvalue weighted by Gasteiger charge is 2.37. The van der Waals surface area contributed by atoms with Crippen LogP contribution in [0.25, 0.3) is 56.9 Å². The van der Waals surface area contributed by atoms with Gasteiger partial charge in [-0.2, -0.15) is 0 Å². The number of ether oxygens (including phenoxy) is 2. The second-order valence-corrected chi connectivity index (χ2v) is 23.9. The molecule has 0 unspecified atom stereocenters. The van der Waals surface area contributed by atoms with Crippen LogP contribution < -0.4 is 0 Å². The SMILES string of the molecule is CC(=O)C[C@H]1C[C@@H](/C=C/c2c(C(C)C)nc3c(c2-c2ccc(F)cc2)CN(C(=O)c2ccco2)Cc2ccccc2-3)OC(C)(C)O1.CC(C)c1nc2c(c(-c3ccc(F)cc3)c1/C=C/[C@@H](O)C[C@@H](O)CC(=O)O)CN(C(=O)c1ccco1)Cc1ccccc1-2. The summed E-state index contributed by atoms with van der Waals surface area (Å²) in [5.41, 5.74) is 13.1. The van der Waals surface area contributed by atoms with Crippen molar-refractivity contribution in [1.82, 2.24) is 19.8 Å². The second kappa shape index (κ2) is 27.2. The van der Waals surface area contributed by atoms with E-state index in [0.29, 0.717) is 42.8 Å². The lowest BCUT2D eigenvalue weighted by atomic mass is 9.87. The molecule has 0 spiro atoms. The molecule has 2 amide bonds. The van der Waals surface area contributed by atoms with Gasteiger partial charge in [0.2, 0.25) is 0 Å². The Morgan fingerprint density at radius 1 is 0.640 bits per heavy atom. The Morgan fingerprint density at radius 3 is 1.55 bits per heavy atom. The molecule has 1 fully saturated rings. The fourth-order valence-electron chi connectivity index (χ4n) is 12.0. The number of amides is 2. The number of rotatable bonds is 16. The third-order valence-corrected chi connectivity index (χ3v) is 15.9. The van der Waals surface area contributed by atoms with E-state index in [4.69, 9.17) is 33.4 Å². The molecule has 0 aliphatic carbocycles. The number of aliphatic carboxylic acids is 1. The summed E-state index contributed by atoms with van der Waals surface area (Å²) in [4.78, 5) is 64.3. The lowest BCUT2D eigenvalue weighted by molar-refractivity contribution is -0.289. The Labute approximate surface area is 516 Å². The molecule has 3 aliphatic rings. The van der Waals surface area contributed by atoms with Crippen molar-refractivity contribution >= 4 is 35.7 Å². The molecule has 4 aromatic carbocycles. The van der Waals surface area contributed by atoms with Crippen LogP contribution in [-0.2, 0) is 45.2 Å². The Kier molecular flexibility index (Phi) is 19.2. The smallest absolute Gasteiger partial charge is 0.305 e. The predicted octanol–water partition coefficient (Wildman–Crippen LogP) is 14.4. The van der Waals surface area contributed by atoms with Crippen LogP contribution >= 0.6 is 0 Å². The molecule has 1 saturated heterocycles. The lowest BCUT2D eigenvalue weighted by Gasteiger charge is -2.39. The Morgan fingerprint density at radius 2 is 1.11 bits per heavy atom. The van der Waals surface area contributed by atoms with Gasteiger partial charge in [0.25, 0.3) is 11.8 Å². The monoisotopic (exact) mass is 1210 g/mol. The number of hydrogen-bond donors (Lipinski definition) is 3. The van der Waals surface area contributed by atoms with E-state index in [9.17, 15) is 38.2 Å². The quantitative estimate of drug-likeness (QED) is 0.0824. The molecule has 17 heteroatoms. The van der Waals surface area contributed by atoms with Crippen LogP contribution in [0.1, 0.15) is 152 Å². The van der Waals surface area contributed by atoms with Gasteiger partial charge in [-0.05, 0) is 115 Å². The number of benzene rings is 4. The van der Waals surface area contributed by atoms with Crippen molar-refractivity contribution in [2.24, 2.45) is 0 Å². The van der Waals surface area contributed by atoms with E-state index < -0.39 is 36.2 Å². The maximum Gasteiger partial charge on any atom is 0.305 e. The highest BCUT2D eigenvalue weighted by Crippen LogP contribution is 2.45. The summed E-state index contributed by atoms with van der Waals surface area (Å²) in [6.45, 7) is 14.6. The fourth-order valence-corrected chi connectivity index (χ4v) is 12.0. The number of pyridine rings is 2. The van der Waals surface area contributed by atoms with E-state index in [0.717, 1.165) is 72.7 Å². The summed E-state index contributed by atoms with van der Waals surface area (Å²) in [6, 6.07) is 35.0. The first-order valence-corrected chi connectivity index (χ1v) is 29.9. The molecule has 8 aromatic rings. The molecule has 3 aliphatic heterocycles. The van der Waals surface area contributed by atoms with E-state index in [2.05, 4.69) is 13.8 Å². The zero-order valence-electron chi connectivity index (χ0n) is 50.8. The number of fused-ring (bicyclic) bond motifs is 6. The van der Waals surface area contributed by atoms with Crippen LogP contribution in [0.2, 0.25) is 0 Å². The van der Waals surface area contributed by atoms with Gasteiger partial charge in [0, 0.05) is 78.8 Å². The van der Waals surface area contributed by atoms with E-state index in [1.165, 1.54) is 42.9 Å². The second-order valence-electron chi connectivity index (χ2n) is 23.9. The van der Waals surface area contributed by atoms with Crippen molar-refractivity contribution in [2.45, 2.75) is 142 Å². The van der Waals surface area contributed by atoms with Gasteiger partial charge in [-0.1, -0.05) is 125 Å². The summed E-state index contributed by atoms with van der Waals surface area (Å²) in [7, 11) is 0. The minimum Gasteiger partial charge on any atom is -0.481 e. The molecule has 7 heterocycles. The van der Waals surface area contributed by atoms with Crippen LogP contribution in [0, 0.1) is 11.6 Å². The first-order valence-electron chi connectivity index (χ1n) is 29.9. The summed E-state index contributed by atoms with van der Waals surface area (Å²) >= 11 is 0. The summed E-state index contributed by atoms with van der Waals surface area (Å²) < 4.78 is 51.7. The number of carbonyl (C=O) groups excluding carboxylic acids is 3. The van der Waals surface area contributed by atoms with Gasteiger partial charge in [0.15, 0.2) is 17.3 Å². The number of hydrogen-bond acceptors (Lipinski definition) is 12. The molecule has 4 atom stereocenters. The van der Waals surface area contributed by atoms with Crippen LogP contribution in [0.3, 0.4) is 0 Å². The molecular weight excluding hydrogens is 1130 g/mol. The number of furan rings is 2. The number of carboxylic acid groups (broad SMARTS) is 1. The van der Waals surface area contributed by atoms with Gasteiger partial charge in [0.1, 0.15) is 17.4 Å². The van der Waals surface area contributed by atoms with E-state index in [-0.39, 0.29) is 78.5 Å². The van der Waals surface area contributed by atoms with Crippen molar-refractivity contribution in [3.8, 4) is 44.8 Å². The number of carboxylic acids is 1. The van der Waals surface area contributed by atoms with Crippen molar-refractivity contribution in [2.75, 3.05) is 0 Å². The zero-order valence-corrected chi connectivity index (χ0v) is 50.8. The van der Waals surface area contributed by atoms with Gasteiger partial charge >= 0.3 is 5.97 Å². The summed E-state index contributed by atoms with van der Waals surface area (Å²) in [5.74, 6) is -2.75. The first-order chi connectivity index (χ1) is 42.6. The first kappa shape index (κ1) is 63.0. The van der Waals surface area contributed by atoms with Gasteiger partial charge in [-0.3, -0.25) is 29.1 Å². The molecule has 0 saturated carbocycles. The maximum atomic E-state index is 14.3. The minimum absolute atomic E-state index is 0.0397. The third-order valence-electron chi connectivity index (χ3n) is 15.9. The van der Waals surface area contributed by atoms with E-state index in [1.807, 2.05) is 88.4 Å². The molecule has 460 valence electrons. The predicted molar refractivity (Wildman–Crippen MR) is 334 cm³/mol. The van der Waals surface area contributed by atoms with Crippen LogP contribution in [-0.4, -0.2) is 88.9 Å². The maximum absolute atomic E-state index is 14.3. The Bertz CT molecular complexity index is 3930. The largest absolute Gasteiger partial charge is 0.481 e. The van der Waals surface area contributed by atoms with Gasteiger partial charge in [-0.25, -0.2) is 8.78 Å². The summed E-state index contributed by atoms with van der Waals surface area (Å²) in [5, 5.41) is 29.7. The molecule has 11 rings (SSSR count). The molecule has 0 bridgehead atoms. The van der Waals surface area contributed by atoms with Crippen molar-refractivity contribution in [1.29, 1.82) is 0 Å². The number of halogens is 2. The highest BCUT2D eigenvalue weighted by molar-refractivity contribution is 5.95. The van der Waals surface area contributed by atoms with Gasteiger partial charge in [-0.15, -0.1) is 0 Å². The zero-order chi connectivity index (χ0) is 63.3. The van der Waals surface area contributed by atoms with E-state index in [1.54, 1.807) is 71.3 Å². The fraction of sp³-hybridized carbons (Fsp3) is 0.306. The van der Waals surface area contributed by atoms with Crippen molar-refractivity contribution < 1.29 is 61.6 Å². The average Bonchev–Trinajstić information content (AvgIpc) is 1.76.